The molecule has 1 rings (SSSR count). The van der Waals surface area contributed by atoms with Gasteiger partial charge in [0.15, 0.2) is 0 Å². The molecule has 38 valence electrons. The van der Waals surface area contributed by atoms with E-state index in [0.29, 0.717) is 0 Å². The third kappa shape index (κ3) is 1.40. The summed E-state index contributed by atoms with van der Waals surface area (Å²) in [7, 11) is 2.66. The van der Waals surface area contributed by atoms with Crippen LogP contribution in [0.15, 0.2) is 11.4 Å². The van der Waals surface area contributed by atoms with Gasteiger partial charge < -0.3 is 0 Å². The fraction of sp³-hybridized carbons (Fsp3) is 0.400. The number of aldehydes is 1. The second kappa shape index (κ2) is 2.23. The summed E-state index contributed by atoms with van der Waals surface area (Å²) < 4.78 is 4.93. The van der Waals surface area contributed by atoms with E-state index in [1.807, 2.05) is 6.08 Å². The molecule has 1 aliphatic heterocycles. The normalized spacial score (nSPS) is 19.3. The zero-order valence-electron chi connectivity index (χ0n) is 4.05. The third-order valence-electron chi connectivity index (χ3n) is 0.887. The lowest BCUT2D eigenvalue weighted by molar-refractivity contribution is -0.451. The predicted octanol–water partition coefficient (Wildman–Crippen LogP) is 0.884. The van der Waals surface area contributed by atoms with Crippen LogP contribution >= 0.6 is 9.24 Å². The minimum atomic E-state index is 0.843. The first-order valence-electron chi connectivity index (χ1n) is 2.29. The number of carbonyl (C=O) groups excluding carboxylic acids is 1. The lowest BCUT2D eigenvalue weighted by Gasteiger charge is -1.89. The maximum atomic E-state index is 4.93. The maximum absolute atomic E-state index is 4.93. The van der Waals surface area contributed by atoms with Gasteiger partial charge in [-0.05, 0) is 5.31 Å². The molecule has 1 heterocycles. The molecule has 0 aliphatic carbocycles. The molecule has 0 amide bonds. The van der Waals surface area contributed by atoms with Crippen molar-refractivity contribution in [2.24, 2.45) is 0 Å². The number of hydrogen-bond donors (Lipinski definition) is 0. The van der Waals surface area contributed by atoms with Gasteiger partial charge in [0.05, 0.1) is 6.42 Å². The highest BCUT2D eigenvalue weighted by Gasteiger charge is 1.99. The van der Waals surface area contributed by atoms with Crippen LogP contribution < -0.4 is 0 Å². The van der Waals surface area contributed by atoms with E-state index >= 15 is 0 Å². The summed E-state index contributed by atoms with van der Waals surface area (Å²) in [5.74, 6) is 0. The summed E-state index contributed by atoms with van der Waals surface area (Å²) in [4.78, 5) is 0. The van der Waals surface area contributed by atoms with Crippen LogP contribution in [-0.2, 0) is 4.42 Å². The van der Waals surface area contributed by atoms with Gasteiger partial charge in [-0.15, -0.1) is 9.24 Å². The van der Waals surface area contributed by atoms with Crippen LogP contribution in [0.4, 0.5) is 0 Å². The first-order chi connectivity index (χ1) is 3.39. The molecule has 1 atom stereocenters. The topological polar surface area (TPSA) is 11.3 Å². The Hall–Kier alpha value is -0.160. The van der Waals surface area contributed by atoms with Gasteiger partial charge >= 0.3 is 6.29 Å². The SMILES string of the molecule is PC1=CC=[O+]CC1. The molecule has 0 N–H and O–H groups in total. The van der Waals surface area contributed by atoms with E-state index in [-0.39, 0.29) is 0 Å². The Kier molecular flexibility index (Phi) is 1.59. The van der Waals surface area contributed by atoms with E-state index in [1.54, 1.807) is 6.29 Å². The Morgan fingerprint density at radius 3 is 2.86 bits per heavy atom. The molecule has 2 heteroatoms. The summed E-state index contributed by atoms with van der Waals surface area (Å²) >= 11 is 0. The van der Waals surface area contributed by atoms with E-state index in [2.05, 4.69) is 9.24 Å². The van der Waals surface area contributed by atoms with Crippen LogP contribution in [0.3, 0.4) is 0 Å². The van der Waals surface area contributed by atoms with E-state index in [4.69, 9.17) is 4.42 Å². The fourth-order valence-electron chi connectivity index (χ4n) is 0.464. The highest BCUT2D eigenvalue weighted by molar-refractivity contribution is 7.22. The second-order valence-corrected chi connectivity index (χ2v) is 2.24. The highest BCUT2D eigenvalue weighted by atomic mass is 31.0. The van der Waals surface area contributed by atoms with Gasteiger partial charge in [0.2, 0.25) is 0 Å². The standard InChI is InChI=1S/C5H8OP/c7-5-1-3-6-4-2-5/h1,3H,2,4,7H2/q+1. The number of allylic oxidation sites excluding steroid dienone is 1. The van der Waals surface area contributed by atoms with Crippen molar-refractivity contribution in [2.45, 2.75) is 6.42 Å². The van der Waals surface area contributed by atoms with Crippen molar-refractivity contribution in [1.82, 2.24) is 0 Å². The van der Waals surface area contributed by atoms with Crippen molar-refractivity contribution < 1.29 is 4.42 Å². The van der Waals surface area contributed by atoms with Gasteiger partial charge in [-0.1, -0.05) is 0 Å². The molecule has 0 radical (unpaired) electrons. The average molecular weight is 115 g/mol. The van der Waals surface area contributed by atoms with E-state index in [9.17, 15) is 0 Å². The molecule has 0 aromatic rings. The molecule has 0 saturated heterocycles. The predicted molar refractivity (Wildman–Crippen MR) is 33.3 cm³/mol. The summed E-state index contributed by atoms with van der Waals surface area (Å²) in [6.45, 7) is 0.843. The van der Waals surface area contributed by atoms with Gasteiger partial charge in [0.1, 0.15) is 0 Å². The second-order valence-electron chi connectivity index (χ2n) is 1.50. The number of hydrogen-bond acceptors (Lipinski definition) is 0. The molecule has 1 nitrogen and oxygen atoms in total. The Morgan fingerprint density at radius 1 is 1.71 bits per heavy atom. The molecule has 0 fully saturated rings. The van der Waals surface area contributed by atoms with Crippen molar-refractivity contribution >= 4 is 15.5 Å². The molecule has 0 bridgehead atoms. The Labute approximate surface area is 45.3 Å². The molecule has 0 saturated carbocycles. The largest absolute Gasteiger partial charge is 0.308 e. The van der Waals surface area contributed by atoms with Gasteiger partial charge in [-0.2, -0.15) is 0 Å². The molecular formula is C5H8OP+. The van der Waals surface area contributed by atoms with Crippen molar-refractivity contribution in [3.8, 4) is 0 Å². The van der Waals surface area contributed by atoms with E-state index in [1.165, 1.54) is 5.31 Å². The van der Waals surface area contributed by atoms with Crippen molar-refractivity contribution in [1.29, 1.82) is 0 Å². The van der Waals surface area contributed by atoms with Crippen molar-refractivity contribution in [3.63, 3.8) is 0 Å². The van der Waals surface area contributed by atoms with Crippen molar-refractivity contribution in [3.05, 3.63) is 11.4 Å². The Morgan fingerprint density at radius 2 is 2.57 bits per heavy atom. The third-order valence-corrected chi connectivity index (χ3v) is 1.37. The van der Waals surface area contributed by atoms with E-state index < -0.39 is 0 Å². The Balaban J connectivity index is 2.57. The quantitative estimate of drug-likeness (QED) is 0.252. The highest BCUT2D eigenvalue weighted by Crippen LogP contribution is 2.09. The van der Waals surface area contributed by atoms with Gasteiger partial charge in [0.25, 0.3) is 6.61 Å². The molecule has 0 spiro atoms. The van der Waals surface area contributed by atoms with Crippen LogP contribution in [0, 0.1) is 0 Å². The molecule has 0 aromatic carbocycles. The molecule has 0 aromatic heterocycles. The summed E-state index contributed by atoms with van der Waals surface area (Å²) in [6, 6.07) is 0. The van der Waals surface area contributed by atoms with Gasteiger partial charge in [-0.25, -0.2) is 0 Å². The van der Waals surface area contributed by atoms with Crippen LogP contribution in [0.2, 0.25) is 0 Å². The van der Waals surface area contributed by atoms with Crippen LogP contribution in [0.25, 0.3) is 0 Å². The first kappa shape index (κ1) is 4.99. The molecule has 7 heavy (non-hydrogen) atoms. The van der Waals surface area contributed by atoms with Crippen LogP contribution in [0.1, 0.15) is 6.42 Å². The van der Waals surface area contributed by atoms with Crippen LogP contribution in [-0.4, -0.2) is 12.9 Å². The lowest BCUT2D eigenvalue weighted by atomic mass is 10.4. The average Bonchev–Trinajstić information content (AvgIpc) is 1.69. The van der Waals surface area contributed by atoms with Crippen molar-refractivity contribution in [2.75, 3.05) is 6.61 Å². The summed E-state index contributed by atoms with van der Waals surface area (Å²) in [5, 5.41) is 1.33. The maximum Gasteiger partial charge on any atom is 0.308 e. The van der Waals surface area contributed by atoms with Gasteiger partial charge in [-0.3, -0.25) is 4.42 Å². The summed E-state index contributed by atoms with van der Waals surface area (Å²) in [6.07, 6.45) is 4.75. The minimum absolute atomic E-state index is 0.843. The monoisotopic (exact) mass is 115 g/mol. The van der Waals surface area contributed by atoms with Crippen LogP contribution in [0.5, 0.6) is 0 Å². The van der Waals surface area contributed by atoms with Gasteiger partial charge in [0, 0.05) is 6.08 Å². The molecule has 1 unspecified atom stereocenters. The fourth-order valence-corrected chi connectivity index (χ4v) is 0.660. The smallest absolute Gasteiger partial charge is 0.262 e. The van der Waals surface area contributed by atoms with E-state index in [0.717, 1.165) is 13.0 Å². The zero-order chi connectivity index (χ0) is 5.11. The Bertz CT molecular complexity index is 115. The zero-order valence-corrected chi connectivity index (χ0v) is 5.21. The molecular weight excluding hydrogens is 107 g/mol. The summed E-state index contributed by atoms with van der Waals surface area (Å²) in [5.41, 5.74) is 0. The molecule has 1 aliphatic rings. The first-order valence-corrected chi connectivity index (χ1v) is 2.87. The number of rotatable bonds is 0. The lowest BCUT2D eigenvalue weighted by Crippen LogP contribution is -1.92. The minimum Gasteiger partial charge on any atom is -0.262 e.